The maximum absolute atomic E-state index is 5.31. The maximum atomic E-state index is 5.31. The minimum atomic E-state index is 0.378. The fraction of sp³-hybridized carbons (Fsp3) is 0.706. The highest BCUT2D eigenvalue weighted by Gasteiger charge is 2.33. The van der Waals surface area contributed by atoms with Crippen molar-refractivity contribution in [3.05, 3.63) is 29.7 Å². The predicted octanol–water partition coefficient (Wildman–Crippen LogP) is 1.46. The van der Waals surface area contributed by atoms with Crippen LogP contribution in [0.15, 0.2) is 16.8 Å². The molecule has 0 spiro atoms. The summed E-state index contributed by atoms with van der Waals surface area (Å²) >= 11 is 0. The van der Waals surface area contributed by atoms with E-state index in [9.17, 15) is 0 Å². The van der Waals surface area contributed by atoms with Crippen LogP contribution in [0.2, 0.25) is 0 Å². The number of methoxy groups -OCH3 is 1. The van der Waals surface area contributed by atoms with E-state index in [-0.39, 0.29) is 0 Å². The molecular formula is C17H28N6O2. The van der Waals surface area contributed by atoms with E-state index in [2.05, 4.69) is 45.2 Å². The monoisotopic (exact) mass is 348 g/mol. The maximum Gasteiger partial charge on any atom is 0.240 e. The summed E-state index contributed by atoms with van der Waals surface area (Å²) < 4.78 is 12.3. The molecule has 1 fully saturated rings. The van der Waals surface area contributed by atoms with Gasteiger partial charge < -0.3 is 9.26 Å². The van der Waals surface area contributed by atoms with Gasteiger partial charge in [0.25, 0.3) is 0 Å². The fourth-order valence-electron chi connectivity index (χ4n) is 3.83. The Bertz CT molecular complexity index is 670. The van der Waals surface area contributed by atoms with Crippen LogP contribution in [0.5, 0.6) is 0 Å². The van der Waals surface area contributed by atoms with Gasteiger partial charge in [-0.3, -0.25) is 14.5 Å². The third-order valence-corrected chi connectivity index (χ3v) is 4.90. The number of nitrogens with zero attached hydrogens (tertiary/aromatic N) is 6. The van der Waals surface area contributed by atoms with Gasteiger partial charge >= 0.3 is 0 Å². The van der Waals surface area contributed by atoms with Gasteiger partial charge in [0.2, 0.25) is 5.89 Å². The van der Waals surface area contributed by atoms with E-state index < -0.39 is 0 Å². The molecule has 0 aromatic carbocycles. The molecule has 3 heterocycles. The molecule has 0 radical (unpaired) electrons. The number of hydrogen-bond donors (Lipinski definition) is 0. The number of aromatic nitrogens is 4. The van der Waals surface area contributed by atoms with E-state index in [1.807, 2.05) is 17.9 Å². The summed E-state index contributed by atoms with van der Waals surface area (Å²) in [4.78, 5) is 9.07. The SMILES string of the molecule is COCc1noc(CN(C)C[C@@H]2CCCN(C)[C@H]2c2ccnn2C)n1. The van der Waals surface area contributed by atoms with Crippen molar-refractivity contribution in [3.8, 4) is 0 Å². The molecule has 138 valence electrons. The second-order valence-electron chi connectivity index (χ2n) is 6.94. The van der Waals surface area contributed by atoms with E-state index in [0.717, 1.165) is 13.1 Å². The van der Waals surface area contributed by atoms with Crippen molar-refractivity contribution < 1.29 is 9.26 Å². The Balaban J connectivity index is 1.65. The van der Waals surface area contributed by atoms with Crippen LogP contribution in [0.25, 0.3) is 0 Å². The van der Waals surface area contributed by atoms with E-state index in [1.54, 1.807) is 7.11 Å². The fourth-order valence-corrected chi connectivity index (χ4v) is 3.83. The number of ether oxygens (including phenoxy) is 1. The van der Waals surface area contributed by atoms with Crippen LogP contribution >= 0.6 is 0 Å². The second kappa shape index (κ2) is 8.07. The van der Waals surface area contributed by atoms with Crippen LogP contribution < -0.4 is 0 Å². The molecule has 2 aromatic rings. The Morgan fingerprint density at radius 2 is 2.24 bits per heavy atom. The minimum absolute atomic E-state index is 0.378. The van der Waals surface area contributed by atoms with Crippen LogP contribution in [-0.4, -0.2) is 64.0 Å². The highest BCUT2D eigenvalue weighted by atomic mass is 16.5. The Labute approximate surface area is 148 Å². The summed E-state index contributed by atoms with van der Waals surface area (Å²) in [5.74, 6) is 1.77. The van der Waals surface area contributed by atoms with Crippen LogP contribution in [-0.2, 0) is 24.9 Å². The van der Waals surface area contributed by atoms with Gasteiger partial charge in [-0.15, -0.1) is 0 Å². The van der Waals surface area contributed by atoms with Gasteiger partial charge in [-0.1, -0.05) is 5.16 Å². The van der Waals surface area contributed by atoms with E-state index >= 15 is 0 Å². The lowest BCUT2D eigenvalue weighted by molar-refractivity contribution is 0.0844. The lowest BCUT2D eigenvalue weighted by Gasteiger charge is -2.40. The predicted molar refractivity (Wildman–Crippen MR) is 92.6 cm³/mol. The smallest absolute Gasteiger partial charge is 0.240 e. The largest absolute Gasteiger partial charge is 0.377 e. The number of aryl methyl sites for hydroxylation is 1. The Morgan fingerprint density at radius 3 is 2.96 bits per heavy atom. The Hall–Kier alpha value is -1.77. The zero-order valence-corrected chi connectivity index (χ0v) is 15.6. The molecule has 2 aromatic heterocycles. The highest BCUT2D eigenvalue weighted by molar-refractivity contribution is 5.10. The topological polar surface area (TPSA) is 72.5 Å². The normalized spacial score (nSPS) is 22.0. The van der Waals surface area contributed by atoms with Gasteiger partial charge in [0, 0.05) is 26.9 Å². The molecule has 8 nitrogen and oxygen atoms in total. The van der Waals surface area contributed by atoms with Gasteiger partial charge in [0.15, 0.2) is 5.82 Å². The highest BCUT2D eigenvalue weighted by Crippen LogP contribution is 2.35. The summed E-state index contributed by atoms with van der Waals surface area (Å²) in [7, 11) is 7.96. The van der Waals surface area contributed by atoms with Crippen molar-refractivity contribution in [1.82, 2.24) is 29.7 Å². The number of rotatable bonds is 7. The summed E-state index contributed by atoms with van der Waals surface area (Å²) in [5, 5.41) is 8.29. The Kier molecular flexibility index (Phi) is 5.82. The third-order valence-electron chi connectivity index (χ3n) is 4.90. The summed E-state index contributed by atoms with van der Waals surface area (Å²) in [6.07, 6.45) is 4.32. The standard InChI is InChI=1S/C17H28N6O2/c1-21(11-16-19-15(12-24-4)20-25-16)10-13-6-5-9-22(2)17(13)14-7-8-18-23(14)3/h7-8,13,17H,5-6,9-12H2,1-4H3/t13-,17+/m0/s1. The molecule has 8 heteroatoms. The molecule has 0 bridgehead atoms. The molecule has 1 aliphatic rings. The van der Waals surface area contributed by atoms with E-state index in [0.29, 0.717) is 36.8 Å². The average molecular weight is 348 g/mol. The minimum Gasteiger partial charge on any atom is -0.377 e. The van der Waals surface area contributed by atoms with Gasteiger partial charge in [-0.05, 0) is 45.5 Å². The first-order valence-electron chi connectivity index (χ1n) is 8.75. The average Bonchev–Trinajstić information content (AvgIpc) is 3.17. The van der Waals surface area contributed by atoms with Crippen molar-refractivity contribution in [1.29, 1.82) is 0 Å². The molecule has 0 N–H and O–H groups in total. The van der Waals surface area contributed by atoms with Crippen molar-refractivity contribution >= 4 is 0 Å². The van der Waals surface area contributed by atoms with E-state index in [4.69, 9.17) is 9.26 Å². The quantitative estimate of drug-likeness (QED) is 0.750. The molecule has 1 aliphatic heterocycles. The third kappa shape index (κ3) is 4.26. The summed E-state index contributed by atoms with van der Waals surface area (Å²) in [6, 6.07) is 2.52. The van der Waals surface area contributed by atoms with E-state index in [1.165, 1.54) is 18.5 Å². The first-order valence-corrected chi connectivity index (χ1v) is 8.75. The molecule has 0 saturated carbocycles. The van der Waals surface area contributed by atoms with Crippen molar-refractivity contribution in [3.63, 3.8) is 0 Å². The second-order valence-corrected chi connectivity index (χ2v) is 6.94. The Morgan fingerprint density at radius 1 is 1.40 bits per heavy atom. The van der Waals surface area contributed by atoms with Crippen LogP contribution in [0.4, 0.5) is 0 Å². The first kappa shape index (κ1) is 18.0. The van der Waals surface area contributed by atoms with Gasteiger partial charge in [0.1, 0.15) is 6.61 Å². The van der Waals surface area contributed by atoms with Gasteiger partial charge in [-0.2, -0.15) is 10.1 Å². The summed E-state index contributed by atoms with van der Waals surface area (Å²) in [5.41, 5.74) is 1.28. The summed E-state index contributed by atoms with van der Waals surface area (Å²) in [6.45, 7) is 3.13. The van der Waals surface area contributed by atoms with Crippen LogP contribution in [0.1, 0.15) is 36.3 Å². The van der Waals surface area contributed by atoms with Crippen molar-refractivity contribution in [2.24, 2.45) is 13.0 Å². The zero-order chi connectivity index (χ0) is 17.8. The molecule has 3 rings (SSSR count). The van der Waals surface area contributed by atoms with Gasteiger partial charge in [-0.25, -0.2) is 0 Å². The molecule has 1 saturated heterocycles. The lowest BCUT2D eigenvalue weighted by atomic mass is 9.87. The molecule has 0 unspecified atom stereocenters. The molecule has 0 aliphatic carbocycles. The molecular weight excluding hydrogens is 320 g/mol. The molecule has 0 amide bonds. The molecule has 25 heavy (non-hydrogen) atoms. The van der Waals surface area contributed by atoms with Crippen molar-refractivity contribution in [2.45, 2.75) is 32.0 Å². The van der Waals surface area contributed by atoms with Crippen LogP contribution in [0.3, 0.4) is 0 Å². The number of hydrogen-bond acceptors (Lipinski definition) is 7. The first-order chi connectivity index (χ1) is 12.1. The number of piperidine rings is 1. The van der Waals surface area contributed by atoms with Crippen LogP contribution in [0, 0.1) is 5.92 Å². The van der Waals surface area contributed by atoms with Crippen molar-refractivity contribution in [2.75, 3.05) is 34.3 Å². The number of likely N-dealkylation sites (tertiary alicyclic amines) is 1. The molecule has 2 atom stereocenters. The zero-order valence-electron chi connectivity index (χ0n) is 15.6. The van der Waals surface area contributed by atoms with Gasteiger partial charge in [0.05, 0.1) is 18.3 Å². The lowest BCUT2D eigenvalue weighted by Crippen LogP contribution is -2.41.